The lowest BCUT2D eigenvalue weighted by Crippen LogP contribution is -2.20. The molecule has 0 saturated heterocycles. The first kappa shape index (κ1) is 14.4. The van der Waals surface area contributed by atoms with Crippen LogP contribution in [0.1, 0.15) is 11.1 Å². The Labute approximate surface area is 123 Å². The maximum absolute atomic E-state index is 10.7. The van der Waals surface area contributed by atoms with Gasteiger partial charge in [0, 0.05) is 18.3 Å². The van der Waals surface area contributed by atoms with E-state index in [1.165, 1.54) is 0 Å². The monoisotopic (exact) mass is 281 g/mol. The van der Waals surface area contributed by atoms with Crippen LogP contribution in [0.3, 0.4) is 0 Å². The van der Waals surface area contributed by atoms with Gasteiger partial charge < -0.3 is 15.8 Å². The Morgan fingerprint density at radius 1 is 1.24 bits per heavy atom. The van der Waals surface area contributed by atoms with Gasteiger partial charge in [0.05, 0.1) is 11.6 Å². The minimum absolute atomic E-state index is 0.140. The molecule has 2 aromatic carbocycles. The molecule has 0 aliphatic carbocycles. The van der Waals surface area contributed by atoms with Crippen LogP contribution in [0, 0.1) is 11.3 Å². The van der Waals surface area contributed by atoms with Crippen LogP contribution in [0.2, 0.25) is 0 Å². The molecule has 3 N–H and O–H groups in total. The van der Waals surface area contributed by atoms with E-state index in [9.17, 15) is 4.79 Å². The van der Waals surface area contributed by atoms with Crippen LogP contribution < -0.4 is 15.8 Å². The number of nitriles is 1. The quantitative estimate of drug-likeness (QED) is 0.848. The minimum Gasteiger partial charge on any atom is -0.484 e. The van der Waals surface area contributed by atoms with Crippen molar-refractivity contribution in [3.05, 3.63) is 59.7 Å². The van der Waals surface area contributed by atoms with Gasteiger partial charge in [0.15, 0.2) is 6.61 Å². The molecule has 0 spiro atoms. The van der Waals surface area contributed by atoms with Crippen molar-refractivity contribution >= 4 is 11.6 Å². The third kappa shape index (κ3) is 4.55. The van der Waals surface area contributed by atoms with Gasteiger partial charge in [-0.3, -0.25) is 4.79 Å². The van der Waals surface area contributed by atoms with Gasteiger partial charge >= 0.3 is 0 Å². The van der Waals surface area contributed by atoms with E-state index in [0.29, 0.717) is 17.9 Å². The average Bonchev–Trinajstić information content (AvgIpc) is 2.52. The number of carbonyl (C=O) groups excluding carboxylic acids is 1. The number of rotatable bonds is 6. The first-order valence-corrected chi connectivity index (χ1v) is 6.41. The summed E-state index contributed by atoms with van der Waals surface area (Å²) in [6, 6.07) is 16.7. The summed E-state index contributed by atoms with van der Waals surface area (Å²) in [5, 5.41) is 12.0. The standard InChI is InChI=1S/C16H15N3O2/c17-9-12-4-6-13(7-5-12)10-19-14-2-1-3-15(8-14)21-11-16(18)20/h1-8,19H,10-11H2,(H2,18,20). The fourth-order valence-electron chi connectivity index (χ4n) is 1.75. The molecule has 0 radical (unpaired) electrons. The summed E-state index contributed by atoms with van der Waals surface area (Å²) in [5.41, 5.74) is 7.62. The highest BCUT2D eigenvalue weighted by Gasteiger charge is 2.00. The SMILES string of the molecule is N#Cc1ccc(CNc2cccc(OCC(N)=O)c2)cc1. The highest BCUT2D eigenvalue weighted by Crippen LogP contribution is 2.18. The number of ether oxygens (including phenoxy) is 1. The number of benzene rings is 2. The molecule has 2 rings (SSSR count). The van der Waals surface area contributed by atoms with Crippen LogP contribution >= 0.6 is 0 Å². The molecule has 106 valence electrons. The molecule has 0 aliphatic heterocycles. The summed E-state index contributed by atoms with van der Waals surface area (Å²) in [4.78, 5) is 10.7. The van der Waals surface area contributed by atoms with E-state index >= 15 is 0 Å². The van der Waals surface area contributed by atoms with Crippen molar-refractivity contribution in [1.29, 1.82) is 5.26 Å². The molecule has 0 saturated carbocycles. The number of hydrogen-bond donors (Lipinski definition) is 2. The fraction of sp³-hybridized carbons (Fsp3) is 0.125. The number of anilines is 1. The fourth-order valence-corrected chi connectivity index (χ4v) is 1.75. The number of hydrogen-bond acceptors (Lipinski definition) is 4. The molecule has 0 atom stereocenters. The minimum atomic E-state index is -0.508. The smallest absolute Gasteiger partial charge is 0.255 e. The van der Waals surface area contributed by atoms with Crippen molar-refractivity contribution in [2.45, 2.75) is 6.54 Å². The summed E-state index contributed by atoms with van der Waals surface area (Å²) in [6.45, 7) is 0.490. The molecule has 0 aliphatic rings. The molecule has 5 nitrogen and oxygen atoms in total. The molecule has 0 fully saturated rings. The summed E-state index contributed by atoms with van der Waals surface area (Å²) in [6.07, 6.45) is 0. The van der Waals surface area contributed by atoms with Crippen molar-refractivity contribution in [2.75, 3.05) is 11.9 Å². The van der Waals surface area contributed by atoms with E-state index in [0.717, 1.165) is 11.3 Å². The zero-order valence-corrected chi connectivity index (χ0v) is 11.4. The van der Waals surface area contributed by atoms with Crippen LogP contribution in [0.4, 0.5) is 5.69 Å². The van der Waals surface area contributed by atoms with Crippen LogP contribution in [0.15, 0.2) is 48.5 Å². The Hall–Kier alpha value is -3.00. The lowest BCUT2D eigenvalue weighted by atomic mass is 10.1. The Morgan fingerprint density at radius 3 is 2.67 bits per heavy atom. The van der Waals surface area contributed by atoms with E-state index in [1.807, 2.05) is 24.3 Å². The number of primary amides is 1. The maximum atomic E-state index is 10.7. The van der Waals surface area contributed by atoms with Gasteiger partial charge in [0.25, 0.3) is 5.91 Å². The predicted molar refractivity (Wildman–Crippen MR) is 79.6 cm³/mol. The van der Waals surface area contributed by atoms with Crippen molar-refractivity contribution in [3.63, 3.8) is 0 Å². The normalized spacial score (nSPS) is 9.67. The second-order valence-corrected chi connectivity index (χ2v) is 4.45. The third-order valence-corrected chi connectivity index (χ3v) is 2.79. The lowest BCUT2D eigenvalue weighted by molar-refractivity contribution is -0.119. The summed E-state index contributed by atoms with van der Waals surface area (Å²) >= 11 is 0. The second-order valence-electron chi connectivity index (χ2n) is 4.45. The molecule has 0 aromatic heterocycles. The van der Waals surface area contributed by atoms with Gasteiger partial charge in [0.2, 0.25) is 0 Å². The Balaban J connectivity index is 1.94. The van der Waals surface area contributed by atoms with Crippen molar-refractivity contribution < 1.29 is 9.53 Å². The molecule has 0 bridgehead atoms. The lowest BCUT2D eigenvalue weighted by Gasteiger charge is -2.09. The zero-order chi connectivity index (χ0) is 15.1. The Morgan fingerprint density at radius 2 is 2.00 bits per heavy atom. The first-order chi connectivity index (χ1) is 10.2. The van der Waals surface area contributed by atoms with Crippen LogP contribution in [-0.4, -0.2) is 12.5 Å². The molecule has 21 heavy (non-hydrogen) atoms. The number of nitrogens with two attached hydrogens (primary N) is 1. The average molecular weight is 281 g/mol. The van der Waals surface area contributed by atoms with Crippen molar-refractivity contribution in [1.82, 2.24) is 0 Å². The maximum Gasteiger partial charge on any atom is 0.255 e. The summed E-state index contributed by atoms with van der Waals surface area (Å²) in [5.74, 6) is 0.0737. The van der Waals surface area contributed by atoms with Gasteiger partial charge in [-0.25, -0.2) is 0 Å². The summed E-state index contributed by atoms with van der Waals surface area (Å²) < 4.78 is 5.24. The molecule has 1 amide bonds. The van der Waals surface area contributed by atoms with E-state index in [2.05, 4.69) is 11.4 Å². The largest absolute Gasteiger partial charge is 0.484 e. The van der Waals surface area contributed by atoms with Gasteiger partial charge in [-0.05, 0) is 29.8 Å². The van der Waals surface area contributed by atoms with Gasteiger partial charge in [-0.15, -0.1) is 0 Å². The number of amides is 1. The topological polar surface area (TPSA) is 88.1 Å². The van der Waals surface area contributed by atoms with E-state index in [-0.39, 0.29) is 6.61 Å². The molecular formula is C16H15N3O2. The molecular weight excluding hydrogens is 266 g/mol. The van der Waals surface area contributed by atoms with Crippen molar-refractivity contribution in [3.8, 4) is 11.8 Å². The highest BCUT2D eigenvalue weighted by atomic mass is 16.5. The predicted octanol–water partition coefficient (Wildman–Crippen LogP) is 2.03. The first-order valence-electron chi connectivity index (χ1n) is 6.41. The van der Waals surface area contributed by atoms with Crippen molar-refractivity contribution in [2.24, 2.45) is 5.73 Å². The van der Waals surface area contributed by atoms with E-state index < -0.39 is 5.91 Å². The number of nitrogens with one attached hydrogen (secondary N) is 1. The van der Waals surface area contributed by atoms with E-state index in [4.69, 9.17) is 15.7 Å². The zero-order valence-electron chi connectivity index (χ0n) is 11.4. The summed E-state index contributed by atoms with van der Waals surface area (Å²) in [7, 11) is 0. The van der Waals surface area contributed by atoms with Crippen LogP contribution in [0.25, 0.3) is 0 Å². The second kappa shape index (κ2) is 6.96. The highest BCUT2D eigenvalue weighted by molar-refractivity contribution is 5.75. The van der Waals surface area contributed by atoms with Gasteiger partial charge in [-0.2, -0.15) is 5.26 Å². The van der Waals surface area contributed by atoms with Crippen LogP contribution in [0.5, 0.6) is 5.75 Å². The van der Waals surface area contributed by atoms with E-state index in [1.54, 1.807) is 24.3 Å². The molecule has 0 heterocycles. The molecule has 5 heteroatoms. The van der Waals surface area contributed by atoms with Crippen LogP contribution in [-0.2, 0) is 11.3 Å². The Kier molecular flexibility index (Phi) is 4.78. The Bertz CT molecular complexity index is 660. The number of carbonyl (C=O) groups is 1. The third-order valence-electron chi connectivity index (χ3n) is 2.79. The number of nitrogens with zero attached hydrogens (tertiary/aromatic N) is 1. The molecule has 0 unspecified atom stereocenters. The van der Waals surface area contributed by atoms with Gasteiger partial charge in [0.1, 0.15) is 5.75 Å². The molecule has 2 aromatic rings. The van der Waals surface area contributed by atoms with Gasteiger partial charge in [-0.1, -0.05) is 18.2 Å².